The summed E-state index contributed by atoms with van der Waals surface area (Å²) in [5.74, 6) is 0.106. The minimum Gasteiger partial charge on any atom is -0.396 e. The van der Waals surface area contributed by atoms with Crippen LogP contribution in [0.1, 0.15) is 25.1 Å². The molecule has 1 heterocycles. The van der Waals surface area contributed by atoms with Crippen LogP contribution in [0.5, 0.6) is 0 Å². The number of nitrogens with zero attached hydrogens (tertiary/aromatic N) is 2. The van der Waals surface area contributed by atoms with Crippen LogP contribution in [0.4, 0.5) is 0 Å². The highest BCUT2D eigenvalue weighted by Crippen LogP contribution is 2.12. The van der Waals surface area contributed by atoms with Gasteiger partial charge in [-0.3, -0.25) is 9.69 Å². The van der Waals surface area contributed by atoms with Gasteiger partial charge in [0.15, 0.2) is 0 Å². The van der Waals surface area contributed by atoms with Crippen LogP contribution in [-0.2, 0) is 11.3 Å². The number of aliphatic hydroxyl groups excluding tert-OH is 1. The molecule has 1 aromatic heterocycles. The molecule has 0 unspecified atom stereocenters. The molecule has 0 aromatic carbocycles. The lowest BCUT2D eigenvalue weighted by atomic mass is 10.2. The largest absolute Gasteiger partial charge is 0.396 e. The van der Waals surface area contributed by atoms with Gasteiger partial charge in [-0.15, -0.1) is 17.9 Å². The number of hydrogen-bond acceptors (Lipinski definition) is 4. The fourth-order valence-corrected chi connectivity index (χ4v) is 2.79. The zero-order chi connectivity index (χ0) is 15.7. The van der Waals surface area contributed by atoms with Crippen molar-refractivity contribution in [3.8, 4) is 0 Å². The number of amides is 1. The van der Waals surface area contributed by atoms with E-state index < -0.39 is 0 Å². The van der Waals surface area contributed by atoms with Gasteiger partial charge in [0.05, 0.1) is 13.1 Å². The van der Waals surface area contributed by atoms with Gasteiger partial charge in [0.2, 0.25) is 5.91 Å². The first kappa shape index (κ1) is 17.9. The molecule has 21 heavy (non-hydrogen) atoms. The molecule has 0 aliphatic rings. The Kier molecular flexibility index (Phi) is 8.27. The molecule has 0 saturated carbocycles. The number of hydrogen-bond donors (Lipinski definition) is 1. The molecule has 118 valence electrons. The molecule has 1 amide bonds. The summed E-state index contributed by atoms with van der Waals surface area (Å²) in [5, 5.41) is 11.0. The van der Waals surface area contributed by atoms with Crippen molar-refractivity contribution in [1.29, 1.82) is 0 Å². The molecule has 0 fully saturated rings. The van der Waals surface area contributed by atoms with E-state index in [-0.39, 0.29) is 18.6 Å². The second-order valence-electron chi connectivity index (χ2n) is 5.28. The SMILES string of the molecule is C=CCN(Cc1cccs1)C(=O)CN(CCCO)C(C)C. The van der Waals surface area contributed by atoms with Gasteiger partial charge in [0.25, 0.3) is 0 Å². The zero-order valence-corrected chi connectivity index (χ0v) is 13.8. The summed E-state index contributed by atoms with van der Waals surface area (Å²) in [5.41, 5.74) is 0. The molecule has 0 spiro atoms. The fourth-order valence-electron chi connectivity index (χ4n) is 2.07. The summed E-state index contributed by atoms with van der Waals surface area (Å²) in [6.07, 6.45) is 2.46. The Bertz CT molecular complexity index is 418. The molecule has 0 bridgehead atoms. The van der Waals surface area contributed by atoms with Gasteiger partial charge >= 0.3 is 0 Å². The third-order valence-electron chi connectivity index (χ3n) is 3.30. The Morgan fingerprint density at radius 1 is 1.52 bits per heavy atom. The van der Waals surface area contributed by atoms with Crippen molar-refractivity contribution in [3.63, 3.8) is 0 Å². The molecule has 1 aromatic rings. The number of thiophene rings is 1. The van der Waals surface area contributed by atoms with Crippen molar-refractivity contribution in [2.45, 2.75) is 32.9 Å². The van der Waals surface area contributed by atoms with Gasteiger partial charge in [0.1, 0.15) is 0 Å². The Morgan fingerprint density at radius 3 is 2.81 bits per heavy atom. The minimum atomic E-state index is 0.106. The number of carbonyl (C=O) groups is 1. The number of carbonyl (C=O) groups excluding carboxylic acids is 1. The first-order valence-corrected chi connectivity index (χ1v) is 8.22. The predicted molar refractivity (Wildman–Crippen MR) is 88.3 cm³/mol. The number of aliphatic hydroxyl groups is 1. The van der Waals surface area contributed by atoms with Crippen LogP contribution in [-0.4, -0.2) is 53.1 Å². The predicted octanol–water partition coefficient (Wildman–Crippen LogP) is 2.36. The van der Waals surface area contributed by atoms with E-state index >= 15 is 0 Å². The van der Waals surface area contributed by atoms with Crippen LogP contribution < -0.4 is 0 Å². The van der Waals surface area contributed by atoms with Gasteiger partial charge in [-0.25, -0.2) is 0 Å². The summed E-state index contributed by atoms with van der Waals surface area (Å²) in [4.78, 5) is 17.6. The summed E-state index contributed by atoms with van der Waals surface area (Å²) < 4.78 is 0. The molecule has 0 radical (unpaired) electrons. The molecular formula is C16H26N2O2S. The third kappa shape index (κ3) is 6.42. The van der Waals surface area contributed by atoms with Crippen molar-refractivity contribution in [1.82, 2.24) is 9.80 Å². The molecule has 5 heteroatoms. The van der Waals surface area contributed by atoms with E-state index in [1.54, 1.807) is 17.4 Å². The molecule has 0 atom stereocenters. The smallest absolute Gasteiger partial charge is 0.237 e. The molecule has 0 aliphatic carbocycles. The fraction of sp³-hybridized carbons (Fsp3) is 0.562. The highest BCUT2D eigenvalue weighted by atomic mass is 32.1. The Hall–Kier alpha value is -1.17. The topological polar surface area (TPSA) is 43.8 Å². The molecule has 1 rings (SSSR count). The van der Waals surface area contributed by atoms with Gasteiger partial charge < -0.3 is 10.0 Å². The lowest BCUT2D eigenvalue weighted by molar-refractivity contribution is -0.133. The Labute approximate surface area is 131 Å². The Morgan fingerprint density at radius 2 is 2.29 bits per heavy atom. The van der Waals surface area contributed by atoms with Crippen LogP contribution in [0.3, 0.4) is 0 Å². The molecule has 0 aliphatic heterocycles. The molecular weight excluding hydrogens is 284 g/mol. The van der Waals surface area contributed by atoms with Crippen LogP contribution >= 0.6 is 11.3 Å². The maximum Gasteiger partial charge on any atom is 0.237 e. The second-order valence-corrected chi connectivity index (χ2v) is 6.32. The van der Waals surface area contributed by atoms with Crippen LogP contribution in [0.2, 0.25) is 0 Å². The van der Waals surface area contributed by atoms with Crippen LogP contribution in [0.15, 0.2) is 30.2 Å². The van der Waals surface area contributed by atoms with Crippen LogP contribution in [0.25, 0.3) is 0 Å². The second kappa shape index (κ2) is 9.71. The summed E-state index contributed by atoms with van der Waals surface area (Å²) in [7, 11) is 0. The maximum atomic E-state index is 12.5. The Balaban J connectivity index is 2.63. The standard InChI is InChI=1S/C16H26N2O2S/c1-4-8-18(12-15-7-5-11-21-15)16(20)13-17(14(2)3)9-6-10-19/h4-5,7,11,14,19H,1,6,8-10,12-13H2,2-3H3. The average Bonchev–Trinajstić information content (AvgIpc) is 2.95. The van der Waals surface area contributed by atoms with Gasteiger partial charge in [-0.1, -0.05) is 12.1 Å². The van der Waals surface area contributed by atoms with Crippen molar-refractivity contribution < 1.29 is 9.90 Å². The van der Waals surface area contributed by atoms with E-state index in [1.165, 1.54) is 4.88 Å². The van der Waals surface area contributed by atoms with E-state index in [2.05, 4.69) is 25.3 Å². The zero-order valence-electron chi connectivity index (χ0n) is 13.0. The van der Waals surface area contributed by atoms with Crippen molar-refractivity contribution in [3.05, 3.63) is 35.0 Å². The van der Waals surface area contributed by atoms with Crippen molar-refractivity contribution >= 4 is 17.2 Å². The van der Waals surface area contributed by atoms with Crippen LogP contribution in [0, 0.1) is 0 Å². The van der Waals surface area contributed by atoms with Gasteiger partial charge in [-0.2, -0.15) is 0 Å². The highest BCUT2D eigenvalue weighted by molar-refractivity contribution is 7.09. The highest BCUT2D eigenvalue weighted by Gasteiger charge is 2.18. The number of rotatable bonds is 10. The normalized spacial score (nSPS) is 11.1. The van der Waals surface area contributed by atoms with Gasteiger partial charge in [0, 0.05) is 30.6 Å². The minimum absolute atomic E-state index is 0.106. The van der Waals surface area contributed by atoms with Crippen molar-refractivity contribution in [2.75, 3.05) is 26.2 Å². The van der Waals surface area contributed by atoms with Crippen molar-refractivity contribution in [2.24, 2.45) is 0 Å². The van der Waals surface area contributed by atoms with Gasteiger partial charge in [-0.05, 0) is 31.7 Å². The molecule has 1 N–H and O–H groups in total. The third-order valence-corrected chi connectivity index (χ3v) is 4.16. The average molecular weight is 310 g/mol. The first-order valence-electron chi connectivity index (χ1n) is 7.34. The van der Waals surface area contributed by atoms with E-state index in [4.69, 9.17) is 5.11 Å². The maximum absolute atomic E-state index is 12.5. The lowest BCUT2D eigenvalue weighted by Crippen LogP contribution is -2.43. The molecule has 0 saturated heterocycles. The lowest BCUT2D eigenvalue weighted by Gasteiger charge is -2.29. The van der Waals surface area contributed by atoms with E-state index in [0.717, 1.165) is 6.54 Å². The van der Waals surface area contributed by atoms with E-state index in [1.807, 2.05) is 22.4 Å². The van der Waals surface area contributed by atoms with E-state index in [9.17, 15) is 4.79 Å². The summed E-state index contributed by atoms with van der Waals surface area (Å²) in [6, 6.07) is 4.32. The summed E-state index contributed by atoms with van der Waals surface area (Å²) >= 11 is 1.66. The monoisotopic (exact) mass is 310 g/mol. The molecule has 4 nitrogen and oxygen atoms in total. The first-order chi connectivity index (χ1) is 10.1. The quantitative estimate of drug-likeness (QED) is 0.675. The summed E-state index contributed by atoms with van der Waals surface area (Å²) in [6.45, 7) is 10.4. The van der Waals surface area contributed by atoms with E-state index in [0.29, 0.717) is 26.1 Å².